The molecule has 0 aliphatic heterocycles. The lowest BCUT2D eigenvalue weighted by Gasteiger charge is -2.16. The van der Waals surface area contributed by atoms with E-state index in [1.165, 1.54) is 6.42 Å². The van der Waals surface area contributed by atoms with E-state index >= 15 is 0 Å². The van der Waals surface area contributed by atoms with Crippen LogP contribution in [0.3, 0.4) is 0 Å². The van der Waals surface area contributed by atoms with Crippen LogP contribution >= 0.6 is 15.9 Å². The summed E-state index contributed by atoms with van der Waals surface area (Å²) in [4.78, 5) is 0.265. The maximum Gasteiger partial charge on any atom is 0.238 e. The van der Waals surface area contributed by atoms with Crippen LogP contribution in [0.4, 0.5) is 0 Å². The number of nitrogens with two attached hydrogens (primary N) is 1. The Morgan fingerprint density at radius 3 is 2.53 bits per heavy atom. The van der Waals surface area contributed by atoms with Gasteiger partial charge in [-0.15, -0.1) is 0 Å². The minimum atomic E-state index is -3.65. The van der Waals surface area contributed by atoms with Crippen LogP contribution in [0.25, 0.3) is 0 Å². The standard InChI is InChI=1S/C14H22BrNO2S/c1-3-4-5-6-11(2)13-9-12(10-15)7-8-14(13)19(16,17)18/h7-9,11H,3-6,10H2,1-2H3,(H2,16,17,18). The molecule has 1 rings (SSSR count). The molecule has 1 unspecified atom stereocenters. The van der Waals surface area contributed by atoms with E-state index in [1.807, 2.05) is 6.07 Å². The lowest BCUT2D eigenvalue weighted by Crippen LogP contribution is -2.16. The van der Waals surface area contributed by atoms with E-state index in [-0.39, 0.29) is 10.8 Å². The van der Waals surface area contributed by atoms with Crippen LogP contribution in [0, 0.1) is 0 Å². The van der Waals surface area contributed by atoms with Gasteiger partial charge in [0.25, 0.3) is 0 Å². The molecular weight excluding hydrogens is 326 g/mol. The van der Waals surface area contributed by atoms with E-state index in [0.717, 1.165) is 30.4 Å². The highest BCUT2D eigenvalue weighted by molar-refractivity contribution is 9.08. The Bertz CT molecular complexity index is 514. The average molecular weight is 348 g/mol. The molecule has 0 fully saturated rings. The van der Waals surface area contributed by atoms with Gasteiger partial charge in [0.05, 0.1) is 4.90 Å². The molecular formula is C14H22BrNO2S. The Morgan fingerprint density at radius 2 is 2.00 bits per heavy atom. The van der Waals surface area contributed by atoms with E-state index in [2.05, 4.69) is 29.8 Å². The Morgan fingerprint density at radius 1 is 1.32 bits per heavy atom. The quantitative estimate of drug-likeness (QED) is 0.600. The van der Waals surface area contributed by atoms with Gasteiger partial charge in [-0.1, -0.05) is 61.2 Å². The second-order valence-electron chi connectivity index (χ2n) is 4.95. The van der Waals surface area contributed by atoms with Crippen molar-refractivity contribution >= 4 is 26.0 Å². The molecule has 0 amide bonds. The van der Waals surface area contributed by atoms with Crippen molar-refractivity contribution in [1.29, 1.82) is 0 Å². The summed E-state index contributed by atoms with van der Waals surface area (Å²) in [7, 11) is -3.65. The molecule has 108 valence electrons. The average Bonchev–Trinajstić information content (AvgIpc) is 2.37. The van der Waals surface area contributed by atoms with Gasteiger partial charge in [0, 0.05) is 5.33 Å². The summed E-state index contributed by atoms with van der Waals surface area (Å²) in [6.07, 6.45) is 4.44. The van der Waals surface area contributed by atoms with E-state index in [9.17, 15) is 8.42 Å². The number of rotatable bonds is 7. The van der Waals surface area contributed by atoms with Crippen LogP contribution in [0.2, 0.25) is 0 Å². The van der Waals surface area contributed by atoms with Gasteiger partial charge in [-0.3, -0.25) is 0 Å². The number of hydrogen-bond acceptors (Lipinski definition) is 2. The number of halogens is 1. The molecule has 0 aliphatic carbocycles. The van der Waals surface area contributed by atoms with E-state index < -0.39 is 10.0 Å². The van der Waals surface area contributed by atoms with Crippen LogP contribution in [0.15, 0.2) is 23.1 Å². The third-order valence-electron chi connectivity index (χ3n) is 3.31. The Balaban J connectivity index is 3.07. The highest BCUT2D eigenvalue weighted by Crippen LogP contribution is 2.29. The molecule has 0 saturated carbocycles. The minimum Gasteiger partial charge on any atom is -0.225 e. The summed E-state index contributed by atoms with van der Waals surface area (Å²) in [5.74, 6) is 0.207. The summed E-state index contributed by atoms with van der Waals surface area (Å²) < 4.78 is 23.3. The van der Waals surface area contributed by atoms with Gasteiger partial charge in [-0.05, 0) is 29.5 Å². The maximum atomic E-state index is 11.7. The summed E-state index contributed by atoms with van der Waals surface area (Å²) in [6, 6.07) is 5.37. The van der Waals surface area contributed by atoms with Crippen molar-refractivity contribution in [2.24, 2.45) is 5.14 Å². The molecule has 3 nitrogen and oxygen atoms in total. The van der Waals surface area contributed by atoms with Crippen molar-refractivity contribution in [2.45, 2.75) is 55.7 Å². The number of hydrogen-bond donors (Lipinski definition) is 1. The van der Waals surface area contributed by atoms with Gasteiger partial charge in [0.15, 0.2) is 0 Å². The Labute approximate surface area is 124 Å². The minimum absolute atomic E-state index is 0.207. The monoisotopic (exact) mass is 347 g/mol. The molecule has 0 radical (unpaired) electrons. The number of benzene rings is 1. The first kappa shape index (κ1) is 16.7. The first-order chi connectivity index (χ1) is 8.90. The molecule has 0 aliphatic rings. The molecule has 0 heterocycles. The topological polar surface area (TPSA) is 60.2 Å². The molecule has 5 heteroatoms. The highest BCUT2D eigenvalue weighted by Gasteiger charge is 2.18. The van der Waals surface area contributed by atoms with Crippen LogP contribution in [0.5, 0.6) is 0 Å². The molecule has 0 bridgehead atoms. The number of sulfonamides is 1. The summed E-state index contributed by atoms with van der Waals surface area (Å²) >= 11 is 3.40. The van der Waals surface area contributed by atoms with E-state index in [0.29, 0.717) is 5.33 Å². The predicted molar refractivity (Wildman–Crippen MR) is 83.0 cm³/mol. The fraction of sp³-hybridized carbons (Fsp3) is 0.571. The van der Waals surface area contributed by atoms with Gasteiger partial charge in [-0.2, -0.15) is 0 Å². The van der Waals surface area contributed by atoms with Gasteiger partial charge in [0.1, 0.15) is 0 Å². The van der Waals surface area contributed by atoms with Crippen molar-refractivity contribution in [1.82, 2.24) is 0 Å². The molecule has 0 saturated heterocycles. The summed E-state index contributed by atoms with van der Waals surface area (Å²) in [5.41, 5.74) is 1.92. The third-order valence-corrected chi connectivity index (χ3v) is 4.94. The smallest absolute Gasteiger partial charge is 0.225 e. The lowest BCUT2D eigenvalue weighted by atomic mass is 9.94. The van der Waals surface area contributed by atoms with Crippen LogP contribution in [-0.4, -0.2) is 8.42 Å². The van der Waals surface area contributed by atoms with Gasteiger partial charge in [-0.25, -0.2) is 13.6 Å². The zero-order valence-corrected chi connectivity index (χ0v) is 13.9. The Kier molecular flexibility index (Phi) is 6.50. The number of alkyl halides is 1. The SMILES string of the molecule is CCCCCC(C)c1cc(CBr)ccc1S(N)(=O)=O. The zero-order chi connectivity index (χ0) is 14.5. The first-order valence-corrected chi connectivity index (χ1v) is 9.28. The molecule has 0 spiro atoms. The fourth-order valence-electron chi connectivity index (χ4n) is 2.18. The molecule has 1 atom stereocenters. The van der Waals surface area contributed by atoms with Crippen LogP contribution in [0.1, 0.15) is 56.6 Å². The van der Waals surface area contributed by atoms with Crippen molar-refractivity contribution in [3.8, 4) is 0 Å². The molecule has 19 heavy (non-hydrogen) atoms. The highest BCUT2D eigenvalue weighted by atomic mass is 79.9. The van der Waals surface area contributed by atoms with Gasteiger partial charge < -0.3 is 0 Å². The second kappa shape index (κ2) is 7.41. The van der Waals surface area contributed by atoms with E-state index in [4.69, 9.17) is 5.14 Å². The lowest BCUT2D eigenvalue weighted by molar-refractivity contribution is 0.578. The maximum absolute atomic E-state index is 11.7. The van der Waals surface area contributed by atoms with Crippen molar-refractivity contribution < 1.29 is 8.42 Å². The van der Waals surface area contributed by atoms with Gasteiger partial charge in [0.2, 0.25) is 10.0 Å². The predicted octanol–water partition coefficient (Wildman–Crippen LogP) is 3.91. The van der Waals surface area contributed by atoms with Gasteiger partial charge >= 0.3 is 0 Å². The normalized spacial score (nSPS) is 13.5. The third kappa shape index (κ3) is 4.89. The van der Waals surface area contributed by atoms with Crippen LogP contribution in [-0.2, 0) is 15.4 Å². The van der Waals surface area contributed by atoms with Crippen molar-refractivity contribution in [2.75, 3.05) is 0 Å². The zero-order valence-electron chi connectivity index (χ0n) is 11.5. The van der Waals surface area contributed by atoms with E-state index in [1.54, 1.807) is 12.1 Å². The molecule has 1 aromatic rings. The fourth-order valence-corrected chi connectivity index (χ4v) is 3.38. The summed E-state index contributed by atoms with van der Waals surface area (Å²) in [6.45, 7) is 4.23. The van der Waals surface area contributed by atoms with Crippen LogP contribution < -0.4 is 5.14 Å². The number of unbranched alkanes of at least 4 members (excludes halogenated alkanes) is 2. The molecule has 1 aromatic carbocycles. The largest absolute Gasteiger partial charge is 0.238 e. The second-order valence-corrected chi connectivity index (χ2v) is 7.04. The van der Waals surface area contributed by atoms with Crippen molar-refractivity contribution in [3.05, 3.63) is 29.3 Å². The Hall–Kier alpha value is -0.390. The van der Waals surface area contributed by atoms with Crippen molar-refractivity contribution in [3.63, 3.8) is 0 Å². The first-order valence-electron chi connectivity index (χ1n) is 6.61. The number of primary sulfonamides is 1. The summed E-state index contributed by atoms with van der Waals surface area (Å²) in [5, 5.41) is 6.02. The molecule has 2 N–H and O–H groups in total. The molecule has 0 aromatic heterocycles.